The SMILES string of the molecule is COc1ccc(Cl)c(N(CCOF)c2ccc3ncc(-c4cn[nH]c4)nc3c2)c1. The van der Waals surface area contributed by atoms with Crippen LogP contribution in [0.5, 0.6) is 5.75 Å². The highest BCUT2D eigenvalue weighted by molar-refractivity contribution is 6.33. The Morgan fingerprint density at radius 3 is 2.79 bits per heavy atom. The van der Waals surface area contributed by atoms with Crippen molar-refractivity contribution in [2.45, 2.75) is 0 Å². The molecule has 29 heavy (non-hydrogen) atoms. The Hall–Kier alpha value is -3.23. The fourth-order valence-corrected chi connectivity index (χ4v) is 3.26. The number of anilines is 2. The van der Waals surface area contributed by atoms with E-state index in [1.807, 2.05) is 23.1 Å². The minimum atomic E-state index is -0.133. The number of ether oxygens (including phenoxy) is 1. The molecule has 0 aliphatic carbocycles. The third kappa shape index (κ3) is 3.98. The number of aromatic nitrogens is 4. The molecule has 148 valence electrons. The van der Waals surface area contributed by atoms with Crippen LogP contribution in [0.3, 0.4) is 0 Å². The Labute approximate surface area is 171 Å². The van der Waals surface area contributed by atoms with E-state index >= 15 is 0 Å². The first-order chi connectivity index (χ1) is 14.2. The van der Waals surface area contributed by atoms with E-state index < -0.39 is 0 Å². The van der Waals surface area contributed by atoms with Crippen molar-refractivity contribution < 1.29 is 14.2 Å². The summed E-state index contributed by atoms with van der Waals surface area (Å²) in [4.78, 5) is 14.8. The fourth-order valence-electron chi connectivity index (χ4n) is 3.04. The number of benzene rings is 2. The Balaban J connectivity index is 1.79. The zero-order chi connectivity index (χ0) is 20.2. The molecule has 2 aromatic carbocycles. The van der Waals surface area contributed by atoms with Crippen LogP contribution in [0.1, 0.15) is 0 Å². The lowest BCUT2D eigenvalue weighted by Gasteiger charge is -2.26. The number of halogens is 2. The van der Waals surface area contributed by atoms with Crippen molar-refractivity contribution in [2.24, 2.45) is 0 Å². The van der Waals surface area contributed by atoms with E-state index in [2.05, 4.69) is 25.1 Å². The van der Waals surface area contributed by atoms with Gasteiger partial charge >= 0.3 is 0 Å². The van der Waals surface area contributed by atoms with Gasteiger partial charge in [-0.25, -0.2) is 4.98 Å². The third-order valence-corrected chi connectivity index (χ3v) is 4.79. The molecule has 0 saturated heterocycles. The van der Waals surface area contributed by atoms with Crippen LogP contribution in [0.4, 0.5) is 15.9 Å². The number of hydrogen-bond donors (Lipinski definition) is 1. The second-order valence-electron chi connectivity index (χ2n) is 6.20. The Morgan fingerprint density at radius 2 is 2.03 bits per heavy atom. The molecule has 1 N–H and O–H groups in total. The van der Waals surface area contributed by atoms with Crippen molar-refractivity contribution in [1.82, 2.24) is 20.2 Å². The second kappa shape index (κ2) is 8.42. The van der Waals surface area contributed by atoms with Crippen LogP contribution in [0.15, 0.2) is 55.0 Å². The predicted octanol–water partition coefficient (Wildman–Crippen LogP) is 4.72. The molecule has 0 aliphatic rings. The summed E-state index contributed by atoms with van der Waals surface area (Å²) in [7, 11) is 1.57. The van der Waals surface area contributed by atoms with Crippen LogP contribution in [-0.4, -0.2) is 40.4 Å². The Bertz CT molecular complexity index is 1120. The standard InChI is InChI=1S/C20H17ClFN5O2/c1-28-15-3-4-16(21)20(9-15)27(6-7-29-22)14-2-5-17-18(8-14)26-19(12-23-17)13-10-24-25-11-13/h2-5,8-12H,6-7H2,1H3,(H,24,25). The van der Waals surface area contributed by atoms with Gasteiger partial charge in [0.15, 0.2) is 0 Å². The number of rotatable bonds is 7. The summed E-state index contributed by atoms with van der Waals surface area (Å²) >= 11 is 6.42. The van der Waals surface area contributed by atoms with Gasteiger partial charge in [0.1, 0.15) is 12.4 Å². The van der Waals surface area contributed by atoms with E-state index in [1.165, 1.54) is 0 Å². The van der Waals surface area contributed by atoms with Gasteiger partial charge in [0.05, 0.1) is 53.5 Å². The average molecular weight is 414 g/mol. The first kappa shape index (κ1) is 19.1. The van der Waals surface area contributed by atoms with Gasteiger partial charge in [-0.05, 0) is 34.9 Å². The van der Waals surface area contributed by atoms with Gasteiger partial charge in [0, 0.05) is 23.5 Å². The molecule has 0 aliphatic heterocycles. The van der Waals surface area contributed by atoms with E-state index in [0.29, 0.717) is 27.7 Å². The number of fused-ring (bicyclic) bond motifs is 1. The normalized spacial score (nSPS) is 11.0. The lowest BCUT2D eigenvalue weighted by atomic mass is 10.2. The van der Waals surface area contributed by atoms with Gasteiger partial charge in [0.25, 0.3) is 0 Å². The molecule has 2 aromatic heterocycles. The van der Waals surface area contributed by atoms with Gasteiger partial charge in [-0.1, -0.05) is 11.6 Å². The van der Waals surface area contributed by atoms with E-state index in [0.717, 1.165) is 16.8 Å². The largest absolute Gasteiger partial charge is 0.497 e. The van der Waals surface area contributed by atoms with Crippen molar-refractivity contribution in [3.63, 3.8) is 0 Å². The van der Waals surface area contributed by atoms with E-state index in [9.17, 15) is 4.53 Å². The van der Waals surface area contributed by atoms with Gasteiger partial charge in [-0.3, -0.25) is 10.1 Å². The highest BCUT2D eigenvalue weighted by Gasteiger charge is 2.16. The molecular weight excluding hydrogens is 397 g/mol. The van der Waals surface area contributed by atoms with Crippen molar-refractivity contribution in [1.29, 1.82) is 0 Å². The second-order valence-corrected chi connectivity index (χ2v) is 6.60. The van der Waals surface area contributed by atoms with Crippen molar-refractivity contribution in [3.8, 4) is 17.0 Å². The summed E-state index contributed by atoms with van der Waals surface area (Å²) in [5.41, 5.74) is 4.39. The summed E-state index contributed by atoms with van der Waals surface area (Å²) < 4.78 is 17.8. The maximum absolute atomic E-state index is 12.5. The van der Waals surface area contributed by atoms with Crippen LogP contribution in [0, 0.1) is 0 Å². The topological polar surface area (TPSA) is 76.2 Å². The fraction of sp³-hybridized carbons (Fsp3) is 0.150. The minimum Gasteiger partial charge on any atom is -0.497 e. The van der Waals surface area contributed by atoms with E-state index in [1.54, 1.807) is 43.9 Å². The molecule has 0 unspecified atom stereocenters. The summed E-state index contributed by atoms with van der Waals surface area (Å²) in [5.74, 6) is 0.637. The highest BCUT2D eigenvalue weighted by atomic mass is 35.5. The quantitative estimate of drug-likeness (QED) is 0.472. The number of nitrogens with one attached hydrogen (secondary N) is 1. The van der Waals surface area contributed by atoms with E-state index in [4.69, 9.17) is 16.3 Å². The van der Waals surface area contributed by atoms with Gasteiger partial charge in [0.2, 0.25) is 0 Å². The van der Waals surface area contributed by atoms with Crippen LogP contribution in [0.25, 0.3) is 22.3 Å². The van der Waals surface area contributed by atoms with Crippen LogP contribution in [-0.2, 0) is 4.94 Å². The number of H-pyrrole nitrogens is 1. The molecule has 0 saturated carbocycles. The van der Waals surface area contributed by atoms with E-state index in [-0.39, 0.29) is 13.2 Å². The summed E-state index contributed by atoms with van der Waals surface area (Å²) in [5, 5.41) is 7.22. The zero-order valence-electron chi connectivity index (χ0n) is 15.5. The maximum Gasteiger partial charge on any atom is 0.121 e. The van der Waals surface area contributed by atoms with Gasteiger partial charge < -0.3 is 9.64 Å². The molecule has 4 rings (SSSR count). The van der Waals surface area contributed by atoms with Crippen LogP contribution < -0.4 is 9.64 Å². The molecule has 7 nitrogen and oxygen atoms in total. The molecule has 4 aromatic rings. The van der Waals surface area contributed by atoms with Crippen molar-refractivity contribution in [2.75, 3.05) is 25.2 Å². The van der Waals surface area contributed by atoms with Crippen LogP contribution in [0.2, 0.25) is 5.02 Å². The number of aromatic amines is 1. The Morgan fingerprint density at radius 1 is 1.14 bits per heavy atom. The molecule has 9 heteroatoms. The first-order valence-corrected chi connectivity index (χ1v) is 9.18. The lowest BCUT2D eigenvalue weighted by Crippen LogP contribution is -2.22. The molecule has 0 atom stereocenters. The smallest absolute Gasteiger partial charge is 0.121 e. The maximum atomic E-state index is 12.5. The Kier molecular flexibility index (Phi) is 5.55. The number of hydrogen-bond acceptors (Lipinski definition) is 6. The summed E-state index contributed by atoms with van der Waals surface area (Å²) in [6.07, 6.45) is 5.13. The number of methoxy groups -OCH3 is 1. The van der Waals surface area contributed by atoms with Crippen LogP contribution >= 0.6 is 11.6 Å². The zero-order valence-corrected chi connectivity index (χ0v) is 16.2. The highest BCUT2D eigenvalue weighted by Crippen LogP contribution is 2.35. The summed E-state index contributed by atoms with van der Waals surface area (Å²) in [6.45, 7) is 0.107. The first-order valence-electron chi connectivity index (χ1n) is 8.80. The molecule has 0 fully saturated rings. The lowest BCUT2D eigenvalue weighted by molar-refractivity contribution is -0.128. The van der Waals surface area contributed by atoms with Gasteiger partial charge in [-0.2, -0.15) is 10.0 Å². The number of nitrogens with zero attached hydrogens (tertiary/aromatic N) is 4. The van der Waals surface area contributed by atoms with Gasteiger partial charge in [-0.15, -0.1) is 0 Å². The monoisotopic (exact) mass is 413 g/mol. The molecule has 0 bridgehead atoms. The molecular formula is C20H17ClFN5O2. The van der Waals surface area contributed by atoms with Crippen molar-refractivity contribution in [3.05, 3.63) is 60.0 Å². The molecule has 0 spiro atoms. The molecule has 0 radical (unpaired) electrons. The minimum absolute atomic E-state index is 0.133. The van der Waals surface area contributed by atoms with Crippen molar-refractivity contribution >= 4 is 34.0 Å². The molecule has 2 heterocycles. The predicted molar refractivity (Wildman–Crippen MR) is 109 cm³/mol. The average Bonchev–Trinajstić information content (AvgIpc) is 3.29. The molecule has 0 amide bonds. The summed E-state index contributed by atoms with van der Waals surface area (Å²) in [6, 6.07) is 10.9. The third-order valence-electron chi connectivity index (χ3n) is 4.47.